The normalized spacial score (nSPS) is 11.0. The SMILES string of the molecule is Cc1cc(C)n2c(C(=O)NCCSc3cn[nH]n3)nnc2n1. The highest BCUT2D eigenvalue weighted by Gasteiger charge is 2.16. The highest BCUT2D eigenvalue weighted by molar-refractivity contribution is 7.99. The van der Waals surface area contributed by atoms with Gasteiger partial charge >= 0.3 is 0 Å². The molecule has 3 rings (SSSR count). The van der Waals surface area contributed by atoms with Crippen molar-refractivity contribution in [1.82, 2.24) is 40.3 Å². The largest absolute Gasteiger partial charge is 0.348 e. The van der Waals surface area contributed by atoms with Crippen molar-refractivity contribution in [3.8, 4) is 0 Å². The van der Waals surface area contributed by atoms with Crippen LogP contribution in [0.1, 0.15) is 22.0 Å². The molecule has 22 heavy (non-hydrogen) atoms. The molecule has 1 amide bonds. The lowest BCUT2D eigenvalue weighted by molar-refractivity contribution is 0.0944. The van der Waals surface area contributed by atoms with Gasteiger partial charge in [-0.1, -0.05) is 0 Å². The molecule has 0 unspecified atom stereocenters. The van der Waals surface area contributed by atoms with E-state index in [9.17, 15) is 4.79 Å². The summed E-state index contributed by atoms with van der Waals surface area (Å²) in [5.74, 6) is 1.08. The number of aromatic amines is 1. The van der Waals surface area contributed by atoms with Crippen LogP contribution < -0.4 is 5.32 Å². The van der Waals surface area contributed by atoms with Gasteiger partial charge in [-0.25, -0.2) is 4.98 Å². The fourth-order valence-corrected chi connectivity index (χ4v) is 2.68. The van der Waals surface area contributed by atoms with Crippen LogP contribution in [0.25, 0.3) is 5.78 Å². The molecule has 9 nitrogen and oxygen atoms in total. The fraction of sp³-hybridized carbons (Fsp3) is 0.333. The second kappa shape index (κ2) is 6.10. The van der Waals surface area contributed by atoms with Crippen LogP contribution in [0.4, 0.5) is 0 Å². The Bertz CT molecular complexity index is 797. The monoisotopic (exact) mass is 318 g/mol. The molecule has 3 aromatic rings. The quantitative estimate of drug-likeness (QED) is 0.516. The lowest BCUT2D eigenvalue weighted by Gasteiger charge is -2.05. The van der Waals surface area contributed by atoms with E-state index in [4.69, 9.17) is 0 Å². The van der Waals surface area contributed by atoms with E-state index in [0.717, 1.165) is 16.4 Å². The number of nitrogens with one attached hydrogen (secondary N) is 2. The maximum Gasteiger partial charge on any atom is 0.289 e. The van der Waals surface area contributed by atoms with Crippen molar-refractivity contribution in [3.63, 3.8) is 0 Å². The van der Waals surface area contributed by atoms with E-state index in [1.807, 2.05) is 19.9 Å². The second-order valence-corrected chi connectivity index (χ2v) is 5.73. The number of nitrogens with zero attached hydrogens (tertiary/aromatic N) is 6. The Morgan fingerprint density at radius 1 is 1.41 bits per heavy atom. The summed E-state index contributed by atoms with van der Waals surface area (Å²) in [5, 5.41) is 21.6. The van der Waals surface area contributed by atoms with E-state index in [1.165, 1.54) is 11.8 Å². The van der Waals surface area contributed by atoms with Gasteiger partial charge in [-0.15, -0.1) is 27.1 Å². The van der Waals surface area contributed by atoms with Gasteiger partial charge in [-0.2, -0.15) is 10.3 Å². The highest BCUT2D eigenvalue weighted by Crippen LogP contribution is 2.11. The topological polar surface area (TPSA) is 114 Å². The van der Waals surface area contributed by atoms with E-state index in [0.29, 0.717) is 18.1 Å². The Morgan fingerprint density at radius 3 is 3.05 bits per heavy atom. The number of hydrogen-bond acceptors (Lipinski definition) is 7. The summed E-state index contributed by atoms with van der Waals surface area (Å²) < 4.78 is 1.65. The number of amides is 1. The highest BCUT2D eigenvalue weighted by atomic mass is 32.2. The first-order chi connectivity index (χ1) is 10.6. The van der Waals surface area contributed by atoms with E-state index >= 15 is 0 Å². The van der Waals surface area contributed by atoms with Gasteiger partial charge in [0.25, 0.3) is 11.7 Å². The molecule has 0 atom stereocenters. The van der Waals surface area contributed by atoms with Crippen LogP contribution in [0.15, 0.2) is 17.3 Å². The lowest BCUT2D eigenvalue weighted by atomic mass is 10.3. The predicted octanol–water partition coefficient (Wildman–Crippen LogP) is 0.381. The van der Waals surface area contributed by atoms with Crippen molar-refractivity contribution in [1.29, 1.82) is 0 Å². The molecule has 10 heteroatoms. The summed E-state index contributed by atoms with van der Waals surface area (Å²) in [7, 11) is 0. The van der Waals surface area contributed by atoms with Crippen molar-refractivity contribution >= 4 is 23.4 Å². The summed E-state index contributed by atoms with van der Waals surface area (Å²) >= 11 is 1.50. The van der Waals surface area contributed by atoms with Crippen molar-refractivity contribution in [3.05, 3.63) is 29.5 Å². The van der Waals surface area contributed by atoms with Crippen molar-refractivity contribution in [2.45, 2.75) is 18.9 Å². The van der Waals surface area contributed by atoms with Crippen LogP contribution in [-0.2, 0) is 0 Å². The lowest BCUT2D eigenvalue weighted by Crippen LogP contribution is -2.28. The predicted molar refractivity (Wildman–Crippen MR) is 79.7 cm³/mol. The zero-order valence-corrected chi connectivity index (χ0v) is 12.9. The average Bonchev–Trinajstić information content (AvgIpc) is 3.12. The Kier molecular flexibility index (Phi) is 4.00. The van der Waals surface area contributed by atoms with E-state index < -0.39 is 0 Å². The molecule has 3 heterocycles. The summed E-state index contributed by atoms with van der Waals surface area (Å²) in [5.41, 5.74) is 1.71. The van der Waals surface area contributed by atoms with Crippen LogP contribution >= 0.6 is 11.8 Å². The molecule has 0 aliphatic carbocycles. The molecule has 0 aromatic carbocycles. The van der Waals surface area contributed by atoms with Crippen LogP contribution in [0.2, 0.25) is 0 Å². The van der Waals surface area contributed by atoms with Crippen LogP contribution in [0, 0.1) is 13.8 Å². The molecule has 0 radical (unpaired) electrons. The fourth-order valence-electron chi connectivity index (χ4n) is 2.04. The first-order valence-corrected chi connectivity index (χ1v) is 7.60. The molecule has 0 bridgehead atoms. The first kappa shape index (κ1) is 14.4. The van der Waals surface area contributed by atoms with Gasteiger partial charge in [0.1, 0.15) is 5.03 Å². The first-order valence-electron chi connectivity index (χ1n) is 6.61. The Balaban J connectivity index is 1.65. The maximum absolute atomic E-state index is 12.2. The minimum absolute atomic E-state index is 0.242. The Labute approximate surface area is 129 Å². The molecule has 3 aromatic heterocycles. The van der Waals surface area contributed by atoms with Gasteiger partial charge in [0, 0.05) is 23.7 Å². The zero-order chi connectivity index (χ0) is 15.5. The smallest absolute Gasteiger partial charge is 0.289 e. The second-order valence-electron chi connectivity index (χ2n) is 4.61. The molecule has 0 aliphatic rings. The number of carbonyl (C=O) groups is 1. The van der Waals surface area contributed by atoms with Crippen LogP contribution in [-0.4, -0.2) is 53.2 Å². The number of rotatable bonds is 5. The minimum atomic E-state index is -0.276. The maximum atomic E-state index is 12.2. The number of H-pyrrole nitrogens is 1. The number of carbonyl (C=O) groups excluding carboxylic acids is 1. The molecule has 0 fully saturated rings. The summed E-state index contributed by atoms with van der Waals surface area (Å²) in [6, 6.07) is 1.88. The Morgan fingerprint density at radius 2 is 2.27 bits per heavy atom. The average molecular weight is 318 g/mol. The van der Waals surface area contributed by atoms with Gasteiger partial charge in [0.2, 0.25) is 5.82 Å². The standard InChI is InChI=1S/C12H14N8OS/c1-7-5-8(2)20-10(17-18-12(20)15-7)11(21)13-3-4-22-9-6-14-19-16-9/h5-6H,3-4H2,1-2H3,(H,13,21)(H,14,16,19). The molecule has 0 saturated carbocycles. The van der Waals surface area contributed by atoms with Crippen LogP contribution in [0.5, 0.6) is 0 Å². The molecular formula is C12H14N8OS. The Hall–Kier alpha value is -2.49. The zero-order valence-electron chi connectivity index (χ0n) is 12.1. The van der Waals surface area contributed by atoms with Gasteiger partial charge in [0.05, 0.1) is 6.20 Å². The third kappa shape index (κ3) is 2.91. The van der Waals surface area contributed by atoms with E-state index in [2.05, 4.69) is 35.9 Å². The summed E-state index contributed by atoms with van der Waals surface area (Å²) in [6.07, 6.45) is 1.63. The van der Waals surface area contributed by atoms with Crippen molar-refractivity contribution < 1.29 is 4.79 Å². The number of hydrogen-bond donors (Lipinski definition) is 2. The van der Waals surface area contributed by atoms with Gasteiger partial charge in [-0.05, 0) is 19.9 Å². The number of aryl methyl sites for hydroxylation is 2. The van der Waals surface area contributed by atoms with Gasteiger partial charge in [0.15, 0.2) is 0 Å². The number of fused-ring (bicyclic) bond motifs is 1. The molecule has 114 valence electrons. The molecule has 0 aliphatic heterocycles. The molecule has 0 saturated heterocycles. The molecular weight excluding hydrogens is 304 g/mol. The third-order valence-corrected chi connectivity index (χ3v) is 3.83. The van der Waals surface area contributed by atoms with Crippen molar-refractivity contribution in [2.24, 2.45) is 0 Å². The van der Waals surface area contributed by atoms with Crippen LogP contribution in [0.3, 0.4) is 0 Å². The van der Waals surface area contributed by atoms with E-state index in [1.54, 1.807) is 10.6 Å². The molecule has 2 N–H and O–H groups in total. The minimum Gasteiger partial charge on any atom is -0.348 e. The van der Waals surface area contributed by atoms with E-state index in [-0.39, 0.29) is 11.7 Å². The van der Waals surface area contributed by atoms with Crippen molar-refractivity contribution in [2.75, 3.05) is 12.3 Å². The van der Waals surface area contributed by atoms with Gasteiger partial charge in [-0.3, -0.25) is 9.20 Å². The van der Waals surface area contributed by atoms with Gasteiger partial charge < -0.3 is 5.32 Å². The summed E-state index contributed by atoms with van der Waals surface area (Å²) in [6.45, 7) is 4.26. The summed E-state index contributed by atoms with van der Waals surface area (Å²) in [4.78, 5) is 16.5. The number of aromatic nitrogens is 7. The molecule has 0 spiro atoms. The number of thioether (sulfide) groups is 1. The third-order valence-electron chi connectivity index (χ3n) is 2.93.